The fourth-order valence-corrected chi connectivity index (χ4v) is 1.99. The van der Waals surface area contributed by atoms with Crippen molar-refractivity contribution in [2.24, 2.45) is 7.05 Å². The van der Waals surface area contributed by atoms with Gasteiger partial charge in [0.05, 0.1) is 11.3 Å². The van der Waals surface area contributed by atoms with Gasteiger partial charge in [0.1, 0.15) is 0 Å². The summed E-state index contributed by atoms with van der Waals surface area (Å²) >= 11 is 3.43. The lowest BCUT2D eigenvalue weighted by molar-refractivity contribution is 0.102. The van der Waals surface area contributed by atoms with Crippen LogP contribution in [0.2, 0.25) is 0 Å². The maximum absolute atomic E-state index is 12.1. The molecule has 1 aromatic heterocycles. The van der Waals surface area contributed by atoms with Crippen LogP contribution in [0, 0.1) is 13.8 Å². The van der Waals surface area contributed by atoms with Crippen molar-refractivity contribution >= 4 is 27.5 Å². The zero-order valence-electron chi connectivity index (χ0n) is 10.5. The Balaban J connectivity index is 2.21. The summed E-state index contributed by atoms with van der Waals surface area (Å²) in [5.41, 5.74) is 3.18. The van der Waals surface area contributed by atoms with Gasteiger partial charge in [0.15, 0.2) is 0 Å². The molecule has 0 spiro atoms. The van der Waals surface area contributed by atoms with Crippen molar-refractivity contribution in [1.82, 2.24) is 9.78 Å². The Morgan fingerprint density at radius 3 is 2.67 bits per heavy atom. The second-order valence-electron chi connectivity index (χ2n) is 4.22. The summed E-state index contributed by atoms with van der Waals surface area (Å²) in [7, 11) is 1.80. The molecule has 2 rings (SSSR count). The normalized spacial score (nSPS) is 10.4. The number of benzene rings is 1. The zero-order valence-corrected chi connectivity index (χ0v) is 12.1. The van der Waals surface area contributed by atoms with Crippen LogP contribution in [0.15, 0.2) is 28.9 Å². The Hall–Kier alpha value is -1.62. The first-order chi connectivity index (χ1) is 8.47. The molecule has 0 aliphatic rings. The second-order valence-corrected chi connectivity index (χ2v) is 5.07. The molecule has 5 heteroatoms. The van der Waals surface area contributed by atoms with Crippen molar-refractivity contribution in [3.05, 3.63) is 45.7 Å². The van der Waals surface area contributed by atoms with Gasteiger partial charge in [0, 0.05) is 23.4 Å². The molecule has 0 saturated carbocycles. The van der Waals surface area contributed by atoms with Crippen LogP contribution in [0.4, 0.5) is 5.69 Å². The Morgan fingerprint density at radius 1 is 1.39 bits per heavy atom. The van der Waals surface area contributed by atoms with E-state index in [0.29, 0.717) is 5.56 Å². The quantitative estimate of drug-likeness (QED) is 0.927. The number of hydrogen-bond donors (Lipinski definition) is 1. The zero-order chi connectivity index (χ0) is 13.3. The van der Waals surface area contributed by atoms with Gasteiger partial charge in [-0.15, -0.1) is 0 Å². The average molecular weight is 308 g/mol. The highest BCUT2D eigenvalue weighted by Crippen LogP contribution is 2.20. The topological polar surface area (TPSA) is 46.9 Å². The molecule has 0 atom stereocenters. The van der Waals surface area contributed by atoms with E-state index in [9.17, 15) is 4.79 Å². The van der Waals surface area contributed by atoms with Crippen LogP contribution in [-0.4, -0.2) is 15.7 Å². The predicted octanol–water partition coefficient (Wildman–Crippen LogP) is 3.05. The van der Waals surface area contributed by atoms with Gasteiger partial charge in [0.25, 0.3) is 5.91 Å². The molecule has 0 radical (unpaired) electrons. The average Bonchev–Trinajstić information content (AvgIpc) is 2.63. The van der Waals surface area contributed by atoms with E-state index in [-0.39, 0.29) is 5.91 Å². The lowest BCUT2D eigenvalue weighted by Gasteiger charge is -2.06. The highest BCUT2D eigenvalue weighted by atomic mass is 79.9. The van der Waals surface area contributed by atoms with Crippen LogP contribution >= 0.6 is 15.9 Å². The Morgan fingerprint density at radius 2 is 2.11 bits per heavy atom. The van der Waals surface area contributed by atoms with Gasteiger partial charge in [-0.3, -0.25) is 9.48 Å². The van der Waals surface area contributed by atoms with Crippen LogP contribution < -0.4 is 5.32 Å². The van der Waals surface area contributed by atoms with Crippen molar-refractivity contribution in [2.45, 2.75) is 13.8 Å². The number of anilines is 1. The van der Waals surface area contributed by atoms with E-state index in [4.69, 9.17) is 0 Å². The first-order valence-corrected chi connectivity index (χ1v) is 6.34. The van der Waals surface area contributed by atoms with E-state index in [1.807, 2.05) is 32.0 Å². The number of aromatic nitrogens is 2. The fraction of sp³-hybridized carbons (Fsp3) is 0.231. The van der Waals surface area contributed by atoms with E-state index in [0.717, 1.165) is 21.4 Å². The van der Waals surface area contributed by atoms with E-state index < -0.39 is 0 Å². The molecule has 1 heterocycles. The summed E-state index contributed by atoms with van der Waals surface area (Å²) in [4.78, 5) is 12.1. The molecule has 0 saturated heterocycles. The first kappa shape index (κ1) is 12.8. The molecule has 18 heavy (non-hydrogen) atoms. The van der Waals surface area contributed by atoms with Gasteiger partial charge >= 0.3 is 0 Å². The van der Waals surface area contributed by atoms with Gasteiger partial charge in [-0.1, -0.05) is 15.9 Å². The molecule has 0 bridgehead atoms. The molecule has 1 amide bonds. The van der Waals surface area contributed by atoms with Crippen LogP contribution in [-0.2, 0) is 7.05 Å². The number of aryl methyl sites for hydroxylation is 3. The standard InChI is InChI=1S/C13H14BrN3O/c1-8-6-10(4-5-12(8)14)15-13(18)11-7-17(3)16-9(11)2/h4-7H,1-3H3,(H,15,18). The molecule has 0 aliphatic carbocycles. The number of carbonyl (C=O) groups is 1. The molecular formula is C13H14BrN3O. The fourth-order valence-electron chi connectivity index (χ4n) is 1.74. The van der Waals surface area contributed by atoms with Crippen molar-refractivity contribution in [1.29, 1.82) is 0 Å². The van der Waals surface area contributed by atoms with Gasteiger partial charge < -0.3 is 5.32 Å². The minimum absolute atomic E-state index is 0.137. The Bertz CT molecular complexity index is 604. The highest BCUT2D eigenvalue weighted by Gasteiger charge is 2.12. The summed E-state index contributed by atoms with van der Waals surface area (Å²) < 4.78 is 2.66. The Labute approximate surface area is 114 Å². The van der Waals surface area contributed by atoms with E-state index in [1.165, 1.54) is 0 Å². The molecule has 1 N–H and O–H groups in total. The van der Waals surface area contributed by atoms with Crippen molar-refractivity contribution in [2.75, 3.05) is 5.32 Å². The van der Waals surface area contributed by atoms with Crippen LogP contribution in [0.1, 0.15) is 21.6 Å². The smallest absolute Gasteiger partial charge is 0.259 e. The molecule has 94 valence electrons. The van der Waals surface area contributed by atoms with Gasteiger partial charge in [-0.25, -0.2) is 0 Å². The third kappa shape index (κ3) is 2.61. The minimum atomic E-state index is -0.137. The predicted molar refractivity (Wildman–Crippen MR) is 74.8 cm³/mol. The third-order valence-electron chi connectivity index (χ3n) is 2.67. The van der Waals surface area contributed by atoms with Crippen LogP contribution in [0.5, 0.6) is 0 Å². The summed E-state index contributed by atoms with van der Waals surface area (Å²) in [5.74, 6) is -0.137. The molecule has 2 aromatic rings. The highest BCUT2D eigenvalue weighted by molar-refractivity contribution is 9.10. The number of nitrogens with one attached hydrogen (secondary N) is 1. The summed E-state index contributed by atoms with van der Waals surface area (Å²) in [6.07, 6.45) is 1.72. The largest absolute Gasteiger partial charge is 0.322 e. The number of rotatable bonds is 2. The molecule has 0 unspecified atom stereocenters. The number of carbonyl (C=O) groups excluding carboxylic acids is 1. The summed E-state index contributed by atoms with van der Waals surface area (Å²) in [6, 6.07) is 5.70. The molecule has 0 fully saturated rings. The maximum Gasteiger partial charge on any atom is 0.259 e. The van der Waals surface area contributed by atoms with E-state index in [2.05, 4.69) is 26.3 Å². The van der Waals surface area contributed by atoms with Crippen LogP contribution in [0.25, 0.3) is 0 Å². The monoisotopic (exact) mass is 307 g/mol. The van der Waals surface area contributed by atoms with Crippen LogP contribution in [0.3, 0.4) is 0 Å². The van der Waals surface area contributed by atoms with E-state index >= 15 is 0 Å². The molecule has 0 aliphatic heterocycles. The number of nitrogens with zero attached hydrogens (tertiary/aromatic N) is 2. The molecular weight excluding hydrogens is 294 g/mol. The number of hydrogen-bond acceptors (Lipinski definition) is 2. The first-order valence-electron chi connectivity index (χ1n) is 5.55. The lowest BCUT2D eigenvalue weighted by atomic mass is 10.2. The van der Waals surface area contributed by atoms with Gasteiger partial charge in [-0.05, 0) is 37.6 Å². The van der Waals surface area contributed by atoms with Gasteiger partial charge in [0.2, 0.25) is 0 Å². The summed E-state index contributed by atoms with van der Waals surface area (Å²) in [5, 5.41) is 7.02. The van der Waals surface area contributed by atoms with Gasteiger partial charge in [-0.2, -0.15) is 5.10 Å². The van der Waals surface area contributed by atoms with Crippen molar-refractivity contribution < 1.29 is 4.79 Å². The third-order valence-corrected chi connectivity index (χ3v) is 3.56. The Kier molecular flexibility index (Phi) is 3.52. The molecule has 1 aromatic carbocycles. The maximum atomic E-state index is 12.1. The minimum Gasteiger partial charge on any atom is -0.322 e. The van der Waals surface area contributed by atoms with Crippen molar-refractivity contribution in [3.63, 3.8) is 0 Å². The second kappa shape index (κ2) is 4.94. The molecule has 4 nitrogen and oxygen atoms in total. The number of amides is 1. The van der Waals surface area contributed by atoms with Crippen molar-refractivity contribution in [3.8, 4) is 0 Å². The summed E-state index contributed by atoms with van der Waals surface area (Å²) in [6.45, 7) is 3.80. The SMILES string of the molecule is Cc1cc(NC(=O)c2cn(C)nc2C)ccc1Br. The van der Waals surface area contributed by atoms with E-state index in [1.54, 1.807) is 17.9 Å². The number of halogens is 1. The lowest BCUT2D eigenvalue weighted by Crippen LogP contribution is -2.12.